The number of fused-ring (bicyclic) bond motifs is 1. The van der Waals surface area contributed by atoms with Gasteiger partial charge in [0.1, 0.15) is 5.82 Å². The molecule has 3 heterocycles. The van der Waals surface area contributed by atoms with E-state index in [2.05, 4.69) is 32.0 Å². The third kappa shape index (κ3) is 5.69. The first-order chi connectivity index (χ1) is 17.5. The number of amides is 1. The number of benzene rings is 1. The molecular weight excluding hydrogens is 480 g/mol. The second kappa shape index (κ2) is 10.9. The number of aromatic nitrogens is 3. The number of pyridine rings is 1. The van der Waals surface area contributed by atoms with E-state index in [1.807, 2.05) is 25.1 Å². The summed E-state index contributed by atoms with van der Waals surface area (Å²) in [4.78, 5) is 25.4. The van der Waals surface area contributed by atoms with Crippen LogP contribution in [0.15, 0.2) is 36.7 Å². The highest BCUT2D eigenvalue weighted by molar-refractivity contribution is 6.35. The predicted molar refractivity (Wildman–Crippen MR) is 139 cm³/mol. The first kappa shape index (κ1) is 24.7. The van der Waals surface area contributed by atoms with E-state index in [4.69, 9.17) is 21.3 Å². The zero-order valence-electron chi connectivity index (χ0n) is 20.2. The van der Waals surface area contributed by atoms with E-state index in [9.17, 15) is 9.90 Å². The van der Waals surface area contributed by atoms with Gasteiger partial charge in [-0.3, -0.25) is 4.79 Å². The molecule has 2 aliphatic rings. The van der Waals surface area contributed by atoms with Crippen LogP contribution in [0.4, 0.5) is 11.8 Å². The average molecular weight is 511 g/mol. The number of nitrogens with one attached hydrogen (secondary N) is 3. The van der Waals surface area contributed by atoms with Gasteiger partial charge in [0.05, 0.1) is 29.8 Å². The lowest BCUT2D eigenvalue weighted by Crippen LogP contribution is -2.50. The van der Waals surface area contributed by atoms with Gasteiger partial charge in [0.25, 0.3) is 5.91 Å². The minimum atomic E-state index is -1.29. The Labute approximate surface area is 215 Å². The summed E-state index contributed by atoms with van der Waals surface area (Å²) in [7, 11) is 0. The number of aliphatic hydroxyl groups excluding tert-OH is 1. The Morgan fingerprint density at radius 2 is 1.83 bits per heavy atom. The number of ether oxygens (including phenoxy) is 1. The number of aliphatic hydroxyl groups is 1. The molecule has 5 rings (SSSR count). The van der Waals surface area contributed by atoms with Crippen molar-refractivity contribution >= 4 is 40.2 Å². The summed E-state index contributed by atoms with van der Waals surface area (Å²) in [6, 6.07) is 8.49. The predicted octanol–water partition coefficient (Wildman–Crippen LogP) is 3.62. The molecule has 190 valence electrons. The van der Waals surface area contributed by atoms with Crippen LogP contribution in [0.2, 0.25) is 5.02 Å². The Morgan fingerprint density at radius 3 is 2.53 bits per heavy atom. The molecule has 9 nitrogen and oxygen atoms in total. The monoisotopic (exact) mass is 510 g/mol. The standard InChI is InChI=1S/C26H31ClN6O3/c1-15-2-5-17-6-9-21(33-23(17)22(15)27)31-19-7-3-16(4-8-19)10-28-26-29-11-18(12-30-26)24(34)25(35)32-20-13-36-14-20/h2,5-6,9,11-12,16,19-20,24,34H,3-4,7-8,10,13-14H2,1H3,(H,31,33)(H,32,35)(H,28,29,30)/t16-,19-,24-/m0/s1. The van der Waals surface area contributed by atoms with Crippen molar-refractivity contribution in [3.05, 3.63) is 52.8 Å². The summed E-state index contributed by atoms with van der Waals surface area (Å²) in [5, 5.41) is 21.6. The quantitative estimate of drug-likeness (QED) is 0.362. The van der Waals surface area contributed by atoms with Crippen LogP contribution in [0.3, 0.4) is 0 Å². The van der Waals surface area contributed by atoms with E-state index in [0.717, 1.165) is 54.5 Å². The van der Waals surface area contributed by atoms with Gasteiger partial charge in [-0.25, -0.2) is 15.0 Å². The Kier molecular flexibility index (Phi) is 7.50. The Morgan fingerprint density at radius 1 is 1.11 bits per heavy atom. The highest BCUT2D eigenvalue weighted by Gasteiger charge is 2.26. The van der Waals surface area contributed by atoms with Gasteiger partial charge < -0.3 is 25.8 Å². The van der Waals surface area contributed by atoms with Crippen molar-refractivity contribution in [1.29, 1.82) is 0 Å². The number of halogens is 1. The minimum absolute atomic E-state index is 0.0362. The molecule has 3 aromatic rings. The molecule has 2 aromatic heterocycles. The van der Waals surface area contributed by atoms with Crippen LogP contribution in [0.1, 0.15) is 42.9 Å². The van der Waals surface area contributed by atoms with E-state index >= 15 is 0 Å². The van der Waals surface area contributed by atoms with Gasteiger partial charge in [0.2, 0.25) is 5.95 Å². The Bertz CT molecular complexity index is 1210. The molecule has 4 N–H and O–H groups in total. The second-order valence-electron chi connectivity index (χ2n) is 9.69. The van der Waals surface area contributed by atoms with E-state index < -0.39 is 12.0 Å². The number of hydrogen-bond donors (Lipinski definition) is 4. The summed E-state index contributed by atoms with van der Waals surface area (Å²) in [5.74, 6) is 1.41. The van der Waals surface area contributed by atoms with E-state index in [1.165, 1.54) is 12.4 Å². The molecule has 1 amide bonds. The van der Waals surface area contributed by atoms with Crippen molar-refractivity contribution in [3.8, 4) is 0 Å². The molecular formula is C26H31ClN6O3. The van der Waals surface area contributed by atoms with Crippen LogP contribution < -0.4 is 16.0 Å². The van der Waals surface area contributed by atoms with Gasteiger partial charge in [-0.2, -0.15) is 0 Å². The van der Waals surface area contributed by atoms with Crippen molar-refractivity contribution in [2.75, 3.05) is 30.4 Å². The van der Waals surface area contributed by atoms with E-state index in [0.29, 0.717) is 41.7 Å². The number of carbonyl (C=O) groups excluding carboxylic acids is 1. The van der Waals surface area contributed by atoms with Crippen molar-refractivity contribution in [3.63, 3.8) is 0 Å². The molecule has 0 bridgehead atoms. The number of anilines is 2. The molecule has 0 radical (unpaired) electrons. The van der Waals surface area contributed by atoms with Gasteiger partial charge in [0.15, 0.2) is 6.10 Å². The number of nitrogens with zero attached hydrogens (tertiary/aromatic N) is 3. The first-order valence-electron chi connectivity index (χ1n) is 12.4. The SMILES string of the molecule is Cc1ccc2ccc(N[C@H]3CC[C@H](CNc4ncc([C@H](O)C(=O)NC5COC5)cn4)CC3)nc2c1Cl. The molecule has 0 spiro atoms. The molecule has 1 atom stereocenters. The fourth-order valence-corrected chi connectivity index (χ4v) is 4.83. The molecule has 1 aliphatic heterocycles. The van der Waals surface area contributed by atoms with Gasteiger partial charge in [0, 0.05) is 35.9 Å². The average Bonchev–Trinajstić information content (AvgIpc) is 2.88. The largest absolute Gasteiger partial charge is 0.378 e. The maximum absolute atomic E-state index is 12.1. The summed E-state index contributed by atoms with van der Waals surface area (Å²) < 4.78 is 5.03. The molecule has 1 saturated heterocycles. The molecule has 2 fully saturated rings. The second-order valence-corrected chi connectivity index (χ2v) is 10.1. The fourth-order valence-electron chi connectivity index (χ4n) is 4.61. The normalized spacial score (nSPS) is 21.0. The van der Waals surface area contributed by atoms with Crippen molar-refractivity contribution in [2.45, 2.75) is 50.8 Å². The van der Waals surface area contributed by atoms with Crippen molar-refractivity contribution in [2.24, 2.45) is 5.92 Å². The van der Waals surface area contributed by atoms with Crippen LogP contribution in [-0.4, -0.2) is 57.8 Å². The third-order valence-electron chi connectivity index (χ3n) is 6.96. The van der Waals surface area contributed by atoms with Crippen LogP contribution in [0, 0.1) is 12.8 Å². The molecule has 0 unspecified atom stereocenters. The van der Waals surface area contributed by atoms with Crippen molar-refractivity contribution < 1.29 is 14.6 Å². The molecule has 10 heteroatoms. The number of aryl methyl sites for hydroxylation is 1. The highest BCUT2D eigenvalue weighted by Crippen LogP contribution is 2.29. The van der Waals surface area contributed by atoms with E-state index in [1.54, 1.807) is 0 Å². The minimum Gasteiger partial charge on any atom is -0.378 e. The molecule has 1 aliphatic carbocycles. The number of rotatable bonds is 8. The topological polar surface area (TPSA) is 121 Å². The summed E-state index contributed by atoms with van der Waals surface area (Å²) in [6.07, 6.45) is 5.96. The molecule has 1 saturated carbocycles. The maximum atomic E-state index is 12.1. The number of carbonyl (C=O) groups is 1. The molecule has 36 heavy (non-hydrogen) atoms. The first-order valence-corrected chi connectivity index (χ1v) is 12.8. The van der Waals surface area contributed by atoms with Gasteiger partial charge >= 0.3 is 0 Å². The van der Waals surface area contributed by atoms with Crippen LogP contribution in [0.25, 0.3) is 10.9 Å². The zero-order valence-corrected chi connectivity index (χ0v) is 21.0. The third-order valence-corrected chi connectivity index (χ3v) is 7.44. The van der Waals surface area contributed by atoms with Gasteiger partial charge in [-0.05, 0) is 56.2 Å². The zero-order chi connectivity index (χ0) is 25.1. The van der Waals surface area contributed by atoms with Gasteiger partial charge in [-0.1, -0.05) is 23.7 Å². The Hall–Kier alpha value is -3.01. The summed E-state index contributed by atoms with van der Waals surface area (Å²) >= 11 is 6.47. The Balaban J connectivity index is 1.07. The van der Waals surface area contributed by atoms with E-state index in [-0.39, 0.29) is 6.04 Å². The summed E-state index contributed by atoms with van der Waals surface area (Å²) in [6.45, 7) is 3.72. The van der Waals surface area contributed by atoms with Crippen LogP contribution in [-0.2, 0) is 9.53 Å². The lowest BCUT2D eigenvalue weighted by molar-refractivity contribution is -0.133. The lowest BCUT2D eigenvalue weighted by atomic mass is 9.86. The lowest BCUT2D eigenvalue weighted by Gasteiger charge is -2.29. The van der Waals surface area contributed by atoms with Crippen LogP contribution in [0.5, 0.6) is 0 Å². The van der Waals surface area contributed by atoms with Crippen molar-refractivity contribution in [1.82, 2.24) is 20.3 Å². The van der Waals surface area contributed by atoms with Gasteiger partial charge in [-0.15, -0.1) is 0 Å². The highest BCUT2D eigenvalue weighted by atomic mass is 35.5. The van der Waals surface area contributed by atoms with Crippen LogP contribution >= 0.6 is 11.6 Å². The smallest absolute Gasteiger partial charge is 0.253 e. The fraction of sp³-hybridized carbons (Fsp3) is 0.462. The molecule has 1 aromatic carbocycles. The summed E-state index contributed by atoms with van der Waals surface area (Å²) in [5.41, 5.74) is 2.23. The maximum Gasteiger partial charge on any atom is 0.253 e. The number of hydrogen-bond acceptors (Lipinski definition) is 8.